The van der Waals surface area contributed by atoms with E-state index in [-0.39, 0.29) is 6.62 Å². The zero-order valence-corrected chi connectivity index (χ0v) is 11.3. The first kappa shape index (κ1) is 12.9. The molecule has 0 saturated heterocycles. The van der Waals surface area contributed by atoms with Gasteiger partial charge in [0, 0.05) is 0 Å². The molecule has 0 aliphatic heterocycles. The van der Waals surface area contributed by atoms with Crippen LogP contribution in [0.25, 0.3) is 0 Å². The first-order chi connectivity index (χ1) is 5.54. The Balaban J connectivity index is 3.20. The second-order valence-corrected chi connectivity index (χ2v) is 9.12. The molecule has 0 nitrogen and oxygen atoms in total. The Morgan fingerprint density at radius 2 is 1.67 bits per heavy atom. The quantitative estimate of drug-likeness (QED) is 0.461. The molecule has 0 amide bonds. The molecule has 0 aliphatic carbocycles. The van der Waals surface area contributed by atoms with E-state index in [1.807, 2.05) is 0 Å². The molecular formula is C10H22BrP. The Kier molecular flexibility index (Phi) is 7.88. The van der Waals surface area contributed by atoms with E-state index in [1.165, 1.54) is 25.4 Å². The smallest absolute Gasteiger partial charge is 0.0168 e. The molecule has 0 N–H and O–H groups in total. The maximum atomic E-state index is 3.77. The monoisotopic (exact) mass is 252 g/mol. The molecule has 0 aromatic carbocycles. The highest BCUT2D eigenvalue weighted by Gasteiger charge is 2.07. The van der Waals surface area contributed by atoms with E-state index in [0.717, 1.165) is 11.6 Å². The van der Waals surface area contributed by atoms with E-state index >= 15 is 0 Å². The van der Waals surface area contributed by atoms with Crippen molar-refractivity contribution in [2.75, 3.05) is 6.16 Å². The van der Waals surface area contributed by atoms with Crippen LogP contribution in [0.3, 0.4) is 0 Å². The lowest BCUT2D eigenvalue weighted by Crippen LogP contribution is -1.93. The molecule has 0 bridgehead atoms. The number of rotatable bonds is 6. The predicted octanol–water partition coefficient (Wildman–Crippen LogP) is 5.01. The fourth-order valence-electron chi connectivity index (χ4n) is 1.07. The zero-order valence-electron chi connectivity index (χ0n) is 8.81. The topological polar surface area (TPSA) is 0 Å². The van der Waals surface area contributed by atoms with Gasteiger partial charge in [0.2, 0.25) is 0 Å². The van der Waals surface area contributed by atoms with Crippen molar-refractivity contribution in [1.29, 1.82) is 0 Å². The van der Waals surface area contributed by atoms with Gasteiger partial charge in [0.1, 0.15) is 0 Å². The summed E-state index contributed by atoms with van der Waals surface area (Å²) in [5.41, 5.74) is 0.846. The SMILES string of the molecule is CC(C)CCCCP(Br)C(C)C. The fraction of sp³-hybridized carbons (Fsp3) is 1.00. The summed E-state index contributed by atoms with van der Waals surface area (Å²) in [5, 5.41) is 0. The summed E-state index contributed by atoms with van der Waals surface area (Å²) in [5.74, 6) is 0.880. The van der Waals surface area contributed by atoms with E-state index in [4.69, 9.17) is 0 Å². The third-order valence-corrected chi connectivity index (χ3v) is 7.35. The van der Waals surface area contributed by atoms with E-state index in [1.54, 1.807) is 0 Å². The molecule has 0 aliphatic rings. The minimum atomic E-state index is 0.142. The highest BCUT2D eigenvalue weighted by molar-refractivity contribution is 9.39. The maximum absolute atomic E-state index is 3.77. The van der Waals surface area contributed by atoms with Gasteiger partial charge in [-0.05, 0) is 30.8 Å². The molecule has 0 spiro atoms. The number of unbranched alkanes of at least 4 members (excludes halogenated alkanes) is 1. The molecule has 1 atom stereocenters. The summed E-state index contributed by atoms with van der Waals surface area (Å²) >= 11 is 3.77. The van der Waals surface area contributed by atoms with Crippen molar-refractivity contribution in [3.63, 3.8) is 0 Å². The van der Waals surface area contributed by atoms with Crippen LogP contribution in [0.15, 0.2) is 0 Å². The molecule has 2 heteroatoms. The Bertz CT molecular complexity index is 102. The lowest BCUT2D eigenvalue weighted by molar-refractivity contribution is 0.551. The van der Waals surface area contributed by atoms with Crippen molar-refractivity contribution in [1.82, 2.24) is 0 Å². The summed E-state index contributed by atoms with van der Waals surface area (Å²) < 4.78 is 0. The van der Waals surface area contributed by atoms with E-state index in [0.29, 0.717) is 0 Å². The average molecular weight is 253 g/mol. The third kappa shape index (κ3) is 7.55. The molecule has 0 saturated carbocycles. The molecule has 74 valence electrons. The van der Waals surface area contributed by atoms with Gasteiger partial charge in [-0.25, -0.2) is 0 Å². The number of halogens is 1. The van der Waals surface area contributed by atoms with Gasteiger partial charge < -0.3 is 0 Å². The molecular weight excluding hydrogens is 231 g/mol. The van der Waals surface area contributed by atoms with Gasteiger partial charge >= 0.3 is 0 Å². The van der Waals surface area contributed by atoms with E-state index in [9.17, 15) is 0 Å². The summed E-state index contributed by atoms with van der Waals surface area (Å²) in [6.45, 7) is 9.37. The van der Waals surface area contributed by atoms with Gasteiger partial charge in [-0.1, -0.05) is 56.0 Å². The molecule has 0 fully saturated rings. The van der Waals surface area contributed by atoms with Crippen molar-refractivity contribution >= 4 is 22.1 Å². The predicted molar refractivity (Wildman–Crippen MR) is 64.5 cm³/mol. The zero-order chi connectivity index (χ0) is 9.56. The van der Waals surface area contributed by atoms with Crippen LogP contribution in [-0.4, -0.2) is 11.8 Å². The normalized spacial score (nSPS) is 14.2. The van der Waals surface area contributed by atoms with Crippen LogP contribution in [0.5, 0.6) is 0 Å². The molecule has 0 radical (unpaired) electrons. The van der Waals surface area contributed by atoms with Crippen LogP contribution in [0.1, 0.15) is 47.0 Å². The van der Waals surface area contributed by atoms with Crippen LogP contribution in [0.2, 0.25) is 0 Å². The molecule has 12 heavy (non-hydrogen) atoms. The Morgan fingerprint density at radius 3 is 2.08 bits per heavy atom. The number of hydrogen-bond donors (Lipinski definition) is 0. The average Bonchev–Trinajstić information content (AvgIpc) is 1.97. The van der Waals surface area contributed by atoms with Gasteiger partial charge in [0.25, 0.3) is 0 Å². The second-order valence-electron chi connectivity index (χ2n) is 4.11. The lowest BCUT2D eigenvalue weighted by atomic mass is 10.1. The first-order valence-electron chi connectivity index (χ1n) is 4.96. The summed E-state index contributed by atoms with van der Waals surface area (Å²) in [6.07, 6.45) is 5.62. The van der Waals surface area contributed by atoms with Crippen LogP contribution in [0.4, 0.5) is 0 Å². The minimum absolute atomic E-state index is 0.142. The highest BCUT2D eigenvalue weighted by atomic mass is 79.9. The molecule has 0 aromatic rings. The van der Waals surface area contributed by atoms with Crippen LogP contribution < -0.4 is 0 Å². The van der Waals surface area contributed by atoms with Crippen molar-refractivity contribution < 1.29 is 0 Å². The minimum Gasteiger partial charge on any atom is -0.0628 e. The standard InChI is InChI=1S/C10H22BrP/c1-9(2)7-5-6-8-12(11)10(3)4/h9-10H,5-8H2,1-4H3. The summed E-state index contributed by atoms with van der Waals surface area (Å²) in [7, 11) is 0. The summed E-state index contributed by atoms with van der Waals surface area (Å²) in [4.78, 5) is 0. The van der Waals surface area contributed by atoms with Crippen molar-refractivity contribution in [2.24, 2.45) is 5.92 Å². The van der Waals surface area contributed by atoms with Gasteiger partial charge in [0.15, 0.2) is 0 Å². The Hall–Kier alpha value is 0.910. The van der Waals surface area contributed by atoms with Crippen molar-refractivity contribution in [3.8, 4) is 0 Å². The van der Waals surface area contributed by atoms with Gasteiger partial charge in [-0.3, -0.25) is 0 Å². The van der Waals surface area contributed by atoms with Gasteiger partial charge in [-0.2, -0.15) is 0 Å². The van der Waals surface area contributed by atoms with Gasteiger partial charge in [0.05, 0.1) is 0 Å². The second kappa shape index (κ2) is 7.33. The largest absolute Gasteiger partial charge is 0.0628 e. The van der Waals surface area contributed by atoms with Crippen molar-refractivity contribution in [3.05, 3.63) is 0 Å². The molecule has 0 heterocycles. The Morgan fingerprint density at radius 1 is 1.08 bits per heavy atom. The highest BCUT2D eigenvalue weighted by Crippen LogP contribution is 2.49. The van der Waals surface area contributed by atoms with Crippen LogP contribution in [0, 0.1) is 5.92 Å². The first-order valence-corrected chi connectivity index (χ1v) is 8.58. The van der Waals surface area contributed by atoms with E-state index in [2.05, 4.69) is 43.2 Å². The van der Waals surface area contributed by atoms with Crippen LogP contribution >= 0.6 is 22.1 Å². The van der Waals surface area contributed by atoms with Gasteiger partial charge in [-0.15, -0.1) is 0 Å². The summed E-state index contributed by atoms with van der Waals surface area (Å²) in [6, 6.07) is 0. The fourth-order valence-corrected chi connectivity index (χ4v) is 2.87. The molecule has 0 aromatic heterocycles. The number of hydrogen-bond acceptors (Lipinski definition) is 0. The lowest BCUT2D eigenvalue weighted by Gasteiger charge is -2.13. The maximum Gasteiger partial charge on any atom is -0.0168 e. The Labute approximate surface area is 87.0 Å². The molecule has 0 rings (SSSR count). The third-order valence-electron chi connectivity index (χ3n) is 1.96. The van der Waals surface area contributed by atoms with Crippen molar-refractivity contribution in [2.45, 2.75) is 52.6 Å². The van der Waals surface area contributed by atoms with E-state index < -0.39 is 0 Å². The molecule has 1 unspecified atom stereocenters. The van der Waals surface area contributed by atoms with Crippen LogP contribution in [-0.2, 0) is 0 Å².